The second-order valence-electron chi connectivity index (χ2n) is 10.0. The number of rotatable bonds is 3. The summed E-state index contributed by atoms with van der Waals surface area (Å²) in [5, 5.41) is 0.970. The topological polar surface area (TPSA) is 0 Å². The predicted octanol–water partition coefficient (Wildman–Crippen LogP) is 8.67. The number of hydrogen-bond donors (Lipinski definition) is 0. The molecule has 0 heterocycles. The molecule has 8 heteroatoms. The average Bonchev–Trinajstić information content (AvgIpc) is 3.00. The molecule has 0 radical (unpaired) electrons. The Hall–Kier alpha value is -4.46. The lowest BCUT2D eigenvalue weighted by Crippen LogP contribution is -2.21. The van der Waals surface area contributed by atoms with Gasteiger partial charge in [-0.3, -0.25) is 0 Å². The molecule has 0 atom stereocenters. The summed E-state index contributed by atoms with van der Waals surface area (Å²) in [6.45, 7) is 4.45. The summed E-state index contributed by atoms with van der Waals surface area (Å²) in [7, 11) is 0. The van der Waals surface area contributed by atoms with E-state index < -0.39 is 68.8 Å². The molecule has 0 unspecified atom stereocenters. The van der Waals surface area contributed by atoms with Crippen LogP contribution in [-0.4, -0.2) is 0 Å². The second-order valence-corrected chi connectivity index (χ2v) is 10.0. The summed E-state index contributed by atoms with van der Waals surface area (Å²) in [4.78, 5) is 0. The molecule has 0 aliphatic heterocycles. The first-order valence-electron chi connectivity index (χ1n) is 12.8. The highest BCUT2D eigenvalue weighted by molar-refractivity contribution is 5.94. The van der Waals surface area contributed by atoms with Gasteiger partial charge in [-0.1, -0.05) is 54.6 Å². The van der Waals surface area contributed by atoms with Crippen LogP contribution in [-0.2, 0) is 0 Å². The number of halogens is 8. The van der Waals surface area contributed by atoms with Crippen LogP contribution in [0.4, 0.5) is 35.1 Å². The van der Waals surface area contributed by atoms with Crippen LogP contribution in [0.5, 0.6) is 0 Å². The van der Waals surface area contributed by atoms with Crippen molar-refractivity contribution in [3.63, 3.8) is 0 Å². The summed E-state index contributed by atoms with van der Waals surface area (Å²) in [5.74, 6) is -12.4. The minimum Gasteiger partial charge on any atom is -0.203 e. The van der Waals surface area contributed by atoms with Crippen molar-refractivity contribution in [3.05, 3.63) is 140 Å². The van der Waals surface area contributed by atoms with E-state index in [1.807, 2.05) is 0 Å². The van der Waals surface area contributed by atoms with Crippen molar-refractivity contribution < 1.29 is 35.1 Å². The fourth-order valence-corrected chi connectivity index (χ4v) is 5.34. The maximum Gasteiger partial charge on any atom is 0.169 e. The average molecular weight is 583 g/mol. The highest BCUT2D eigenvalue weighted by atomic mass is 19.2. The monoisotopic (exact) mass is 582 g/mol. The van der Waals surface area contributed by atoms with Crippen LogP contribution in [0, 0.1) is 60.4 Å². The van der Waals surface area contributed by atoms with E-state index in [-0.39, 0.29) is 27.1 Å². The van der Waals surface area contributed by atoms with Crippen LogP contribution in [0.1, 0.15) is 36.1 Å². The quantitative estimate of drug-likeness (QED) is 0.148. The zero-order valence-corrected chi connectivity index (χ0v) is 22.8. The van der Waals surface area contributed by atoms with E-state index in [1.165, 1.54) is 19.9 Å². The third kappa shape index (κ3) is 4.37. The van der Waals surface area contributed by atoms with E-state index >= 15 is 17.6 Å². The Morgan fingerprint density at radius 1 is 0.476 bits per heavy atom. The minimum atomic E-state index is -1.58. The third-order valence-corrected chi connectivity index (χ3v) is 7.62. The predicted molar refractivity (Wildman–Crippen MR) is 147 cm³/mol. The Morgan fingerprint density at radius 3 is 1.36 bits per heavy atom. The summed E-state index contributed by atoms with van der Waals surface area (Å²) in [6.07, 6.45) is 0. The molecular formula is C34H22F8. The summed E-state index contributed by atoms with van der Waals surface area (Å²) in [5.41, 5.74) is -2.95. The highest BCUT2D eigenvalue weighted by Crippen LogP contribution is 2.31. The van der Waals surface area contributed by atoms with Gasteiger partial charge in [0.25, 0.3) is 0 Å². The van der Waals surface area contributed by atoms with Gasteiger partial charge in [-0.05, 0) is 77.2 Å². The molecule has 0 N–H and O–H groups in total. The molecule has 0 saturated carbocycles. The molecular weight excluding hydrogens is 560 g/mol. The lowest BCUT2D eigenvalue weighted by Gasteiger charge is -2.16. The van der Waals surface area contributed by atoms with E-state index in [0.29, 0.717) is 16.3 Å². The van der Waals surface area contributed by atoms with Crippen molar-refractivity contribution in [3.8, 4) is 11.1 Å². The Kier molecular flexibility index (Phi) is 7.43. The highest BCUT2D eigenvalue weighted by Gasteiger charge is 2.27. The lowest BCUT2D eigenvalue weighted by molar-refractivity contribution is 0.441. The zero-order valence-electron chi connectivity index (χ0n) is 22.8. The summed E-state index contributed by atoms with van der Waals surface area (Å²) in [6, 6.07) is 16.2. The molecule has 0 saturated heterocycles. The van der Waals surface area contributed by atoms with Gasteiger partial charge < -0.3 is 0 Å². The van der Waals surface area contributed by atoms with Crippen LogP contribution in [0.3, 0.4) is 0 Å². The van der Waals surface area contributed by atoms with Crippen LogP contribution >= 0.6 is 0 Å². The van der Waals surface area contributed by atoms with Crippen molar-refractivity contribution in [2.75, 3.05) is 0 Å². The van der Waals surface area contributed by atoms with Crippen molar-refractivity contribution in [1.29, 1.82) is 0 Å². The maximum atomic E-state index is 15.2. The molecule has 5 aromatic rings. The van der Waals surface area contributed by atoms with Gasteiger partial charge in [0, 0.05) is 11.1 Å². The number of fused-ring (bicyclic) bond motifs is 1. The van der Waals surface area contributed by atoms with Gasteiger partial charge in [0.2, 0.25) is 0 Å². The van der Waals surface area contributed by atoms with E-state index in [4.69, 9.17) is 0 Å². The van der Waals surface area contributed by atoms with Crippen molar-refractivity contribution in [1.82, 2.24) is 0 Å². The van der Waals surface area contributed by atoms with Crippen LogP contribution < -0.4 is 10.4 Å². The summed E-state index contributed by atoms with van der Waals surface area (Å²) >= 11 is 0. The van der Waals surface area contributed by atoms with Gasteiger partial charge >= 0.3 is 0 Å². The molecule has 0 nitrogen and oxygen atoms in total. The molecule has 0 aliphatic carbocycles. The molecule has 0 amide bonds. The SMILES string of the molecule is C/C(c1c(F)c(F)c(C)c(F)c1F)=c1\c(-c2ccccc2)c/c(=C(/C)c2c(F)c(F)c(C)c(F)c2F)c2ccccc12. The van der Waals surface area contributed by atoms with Crippen LogP contribution in [0.25, 0.3) is 33.0 Å². The van der Waals surface area contributed by atoms with E-state index in [1.54, 1.807) is 54.6 Å². The minimum absolute atomic E-state index is 0.146. The van der Waals surface area contributed by atoms with Gasteiger partial charge in [-0.15, -0.1) is 0 Å². The fourth-order valence-electron chi connectivity index (χ4n) is 5.34. The van der Waals surface area contributed by atoms with Gasteiger partial charge in [0.1, 0.15) is 0 Å². The van der Waals surface area contributed by atoms with E-state index in [0.717, 1.165) is 13.8 Å². The normalized spacial score (nSPS) is 13.0. The molecule has 214 valence electrons. The lowest BCUT2D eigenvalue weighted by atomic mass is 9.89. The van der Waals surface area contributed by atoms with Crippen LogP contribution in [0.2, 0.25) is 0 Å². The first-order valence-corrected chi connectivity index (χ1v) is 12.8. The molecule has 0 spiro atoms. The maximum absolute atomic E-state index is 15.2. The largest absolute Gasteiger partial charge is 0.203 e. The smallest absolute Gasteiger partial charge is 0.169 e. The Balaban J connectivity index is 2.08. The summed E-state index contributed by atoms with van der Waals surface area (Å²) < 4.78 is 119. The molecule has 0 aliphatic rings. The zero-order chi connectivity index (χ0) is 30.6. The van der Waals surface area contributed by atoms with E-state index in [9.17, 15) is 17.6 Å². The van der Waals surface area contributed by atoms with Gasteiger partial charge in [-0.25, -0.2) is 35.1 Å². The Labute approximate surface area is 235 Å². The second kappa shape index (κ2) is 10.7. The molecule has 5 rings (SSSR count). The fraction of sp³-hybridized carbons (Fsp3) is 0.118. The first kappa shape index (κ1) is 29.0. The molecule has 0 aromatic heterocycles. The van der Waals surface area contributed by atoms with Crippen molar-refractivity contribution in [2.24, 2.45) is 0 Å². The van der Waals surface area contributed by atoms with Crippen LogP contribution in [0.15, 0.2) is 60.7 Å². The standard InChI is InChI=1S/C34H22F8/c1-15(25-31(39)27(35)17(3)28(36)32(25)40)22-14-23(19-10-6-5-7-11-19)24(21-13-9-8-12-20(21)22)16(2)26-33(41)29(37)18(4)30(38)34(26)42/h5-14H,1-4H3/b22-15+,24-16+. The molecule has 0 fully saturated rings. The number of hydrogen-bond acceptors (Lipinski definition) is 0. The van der Waals surface area contributed by atoms with Crippen molar-refractivity contribution in [2.45, 2.75) is 27.7 Å². The first-order chi connectivity index (χ1) is 19.9. The number of benzene rings is 5. The van der Waals surface area contributed by atoms with E-state index in [2.05, 4.69) is 0 Å². The van der Waals surface area contributed by atoms with Gasteiger partial charge in [0.05, 0.1) is 11.1 Å². The van der Waals surface area contributed by atoms with Gasteiger partial charge in [-0.2, -0.15) is 0 Å². The Bertz CT molecular complexity index is 1990. The third-order valence-electron chi connectivity index (χ3n) is 7.62. The van der Waals surface area contributed by atoms with Gasteiger partial charge in [0.15, 0.2) is 46.5 Å². The molecule has 5 aromatic carbocycles. The molecule has 42 heavy (non-hydrogen) atoms. The molecule has 0 bridgehead atoms. The van der Waals surface area contributed by atoms with Crippen molar-refractivity contribution >= 4 is 21.9 Å². The Morgan fingerprint density at radius 2 is 0.881 bits per heavy atom.